The molecule has 5 atom stereocenters. The van der Waals surface area contributed by atoms with Gasteiger partial charge >= 0.3 is 5.97 Å². The second-order valence-electron chi connectivity index (χ2n) is 4.50. The molecule has 0 saturated carbocycles. The number of thioether (sulfide) groups is 1. The van der Waals surface area contributed by atoms with E-state index in [4.69, 9.17) is 15.3 Å². The van der Waals surface area contributed by atoms with Crippen molar-refractivity contribution in [2.24, 2.45) is 0 Å². The summed E-state index contributed by atoms with van der Waals surface area (Å²) in [4.78, 5) is 10.9. The molecule has 0 rings (SSSR count). The Balaban J connectivity index is 4.16. The van der Waals surface area contributed by atoms with E-state index in [0.717, 1.165) is 0 Å². The molecule has 0 amide bonds. The first-order valence-electron chi connectivity index (χ1n) is 6.38. The fraction of sp³-hybridized carbons (Fsp3) is 0.909. The summed E-state index contributed by atoms with van der Waals surface area (Å²) in [5.74, 6) is -0.416. The van der Waals surface area contributed by atoms with Crippen molar-refractivity contribution in [3.63, 3.8) is 0 Å². The van der Waals surface area contributed by atoms with Gasteiger partial charge in [-0.25, -0.2) is 5.43 Å². The summed E-state index contributed by atoms with van der Waals surface area (Å²) in [5.41, 5.74) is 4.96. The van der Waals surface area contributed by atoms with Crippen LogP contribution in [0.5, 0.6) is 0 Å². The van der Waals surface area contributed by atoms with Crippen LogP contribution in [0.2, 0.25) is 0 Å². The van der Waals surface area contributed by atoms with E-state index in [1.54, 1.807) is 0 Å². The number of aliphatic hydroxyl groups is 5. The Hall–Kier alpha value is -0.460. The number of carboxylic acid groups (broad SMARTS) is 1. The normalized spacial score (nSPS) is 18.8. The highest BCUT2D eigenvalue weighted by atomic mass is 32.2. The highest BCUT2D eigenvalue weighted by molar-refractivity contribution is 7.98. The van der Waals surface area contributed by atoms with Crippen molar-refractivity contribution in [1.82, 2.24) is 10.9 Å². The molecule has 126 valence electrons. The molecule has 0 aromatic heterocycles. The third-order valence-electron chi connectivity index (χ3n) is 2.82. The van der Waals surface area contributed by atoms with Gasteiger partial charge in [-0.05, 0) is 18.4 Å². The second-order valence-corrected chi connectivity index (χ2v) is 5.48. The number of hydrogen-bond donors (Lipinski definition) is 8. The van der Waals surface area contributed by atoms with Crippen molar-refractivity contribution >= 4 is 17.7 Å². The smallest absolute Gasteiger partial charge is 0.322 e. The van der Waals surface area contributed by atoms with Gasteiger partial charge in [0.05, 0.1) is 12.7 Å². The Labute approximate surface area is 127 Å². The first kappa shape index (κ1) is 20.5. The van der Waals surface area contributed by atoms with Crippen LogP contribution in [0.1, 0.15) is 6.42 Å². The lowest BCUT2D eigenvalue weighted by Gasteiger charge is -2.26. The zero-order chi connectivity index (χ0) is 16.4. The summed E-state index contributed by atoms with van der Waals surface area (Å²) in [5, 5.41) is 55.3. The minimum atomic E-state index is -1.71. The molecule has 8 N–H and O–H groups in total. The minimum absolute atomic E-state index is 0.251. The number of hydrazine groups is 1. The molecular formula is C11H24N2O7S. The van der Waals surface area contributed by atoms with Crippen LogP contribution in [0.15, 0.2) is 0 Å². The molecule has 0 aliphatic heterocycles. The molecule has 0 aliphatic carbocycles. The van der Waals surface area contributed by atoms with Crippen molar-refractivity contribution in [2.75, 3.05) is 25.2 Å². The molecule has 0 aromatic rings. The van der Waals surface area contributed by atoms with E-state index in [2.05, 4.69) is 10.9 Å². The van der Waals surface area contributed by atoms with Gasteiger partial charge in [-0.15, -0.1) is 0 Å². The average molecular weight is 328 g/mol. The van der Waals surface area contributed by atoms with Crippen LogP contribution in [0.4, 0.5) is 0 Å². The zero-order valence-electron chi connectivity index (χ0n) is 11.7. The molecule has 0 heterocycles. The molecule has 21 heavy (non-hydrogen) atoms. The Morgan fingerprint density at radius 2 is 1.71 bits per heavy atom. The number of carbonyl (C=O) groups is 1. The number of nitrogens with one attached hydrogen (secondary N) is 2. The molecule has 0 saturated heterocycles. The van der Waals surface area contributed by atoms with Crippen LogP contribution >= 0.6 is 11.8 Å². The van der Waals surface area contributed by atoms with Gasteiger partial charge < -0.3 is 30.6 Å². The lowest BCUT2D eigenvalue weighted by molar-refractivity contribution is -0.140. The topological polar surface area (TPSA) is 163 Å². The van der Waals surface area contributed by atoms with Crippen LogP contribution in [0.25, 0.3) is 0 Å². The van der Waals surface area contributed by atoms with Crippen LogP contribution in [-0.4, -0.2) is 92.2 Å². The third kappa shape index (κ3) is 7.93. The highest BCUT2D eigenvalue weighted by Crippen LogP contribution is 2.04. The number of rotatable bonds is 12. The van der Waals surface area contributed by atoms with Crippen molar-refractivity contribution in [1.29, 1.82) is 0 Å². The van der Waals surface area contributed by atoms with E-state index >= 15 is 0 Å². The standard InChI is InChI=1S/C11H24N2O7S/c1-21-3-2-6(11(19)20)13-12-4-7(15)9(17)10(18)8(16)5-14/h6-10,12-18H,2-5H2,1H3,(H,19,20)/t6-,7-,8+,9+,10+/m0/s1. The van der Waals surface area contributed by atoms with Gasteiger partial charge in [0.25, 0.3) is 0 Å². The van der Waals surface area contributed by atoms with E-state index in [-0.39, 0.29) is 6.54 Å². The summed E-state index contributed by atoms with van der Waals surface area (Å²) in [6, 6.07) is -0.852. The molecule has 0 spiro atoms. The Morgan fingerprint density at radius 1 is 1.14 bits per heavy atom. The Morgan fingerprint density at radius 3 is 2.19 bits per heavy atom. The first-order chi connectivity index (χ1) is 9.84. The number of hydrogen-bond acceptors (Lipinski definition) is 9. The van der Waals surface area contributed by atoms with Crippen LogP contribution in [0.3, 0.4) is 0 Å². The van der Waals surface area contributed by atoms with Crippen molar-refractivity contribution < 1.29 is 35.4 Å². The molecule has 0 aliphatic rings. The highest BCUT2D eigenvalue weighted by Gasteiger charge is 2.30. The SMILES string of the molecule is CSCC[C@H](NNC[C@H](O)[C@@H](O)[C@H](O)[C@H](O)CO)C(=O)O. The molecule has 0 radical (unpaired) electrons. The van der Waals surface area contributed by atoms with Gasteiger partial charge in [-0.3, -0.25) is 10.2 Å². The predicted octanol–water partition coefficient (Wildman–Crippen LogP) is -3.28. The molecule has 10 heteroatoms. The van der Waals surface area contributed by atoms with Crippen LogP contribution in [-0.2, 0) is 4.79 Å². The van der Waals surface area contributed by atoms with Gasteiger partial charge in [0, 0.05) is 6.54 Å². The van der Waals surface area contributed by atoms with Gasteiger partial charge in [-0.1, -0.05) is 0 Å². The van der Waals surface area contributed by atoms with Gasteiger partial charge in [0.1, 0.15) is 24.4 Å². The predicted molar refractivity (Wildman–Crippen MR) is 76.7 cm³/mol. The number of aliphatic hydroxyl groups excluding tert-OH is 5. The molecule has 0 bridgehead atoms. The third-order valence-corrected chi connectivity index (χ3v) is 3.47. The monoisotopic (exact) mass is 328 g/mol. The fourth-order valence-electron chi connectivity index (χ4n) is 1.46. The summed E-state index contributed by atoms with van der Waals surface area (Å²) in [6.07, 6.45) is -4.21. The zero-order valence-corrected chi connectivity index (χ0v) is 12.5. The van der Waals surface area contributed by atoms with Crippen LogP contribution in [0, 0.1) is 0 Å². The van der Waals surface area contributed by atoms with Gasteiger partial charge in [-0.2, -0.15) is 11.8 Å². The van der Waals surface area contributed by atoms with Crippen molar-refractivity contribution in [3.8, 4) is 0 Å². The van der Waals surface area contributed by atoms with E-state index < -0.39 is 43.0 Å². The van der Waals surface area contributed by atoms with E-state index in [0.29, 0.717) is 12.2 Å². The molecule has 9 nitrogen and oxygen atoms in total. The first-order valence-corrected chi connectivity index (χ1v) is 7.77. The molecular weight excluding hydrogens is 304 g/mol. The maximum atomic E-state index is 10.9. The quantitative estimate of drug-likeness (QED) is 0.170. The van der Waals surface area contributed by atoms with E-state index in [1.165, 1.54) is 11.8 Å². The summed E-state index contributed by atoms with van der Waals surface area (Å²) in [7, 11) is 0. The molecule has 0 fully saturated rings. The Kier molecular flexibility index (Phi) is 10.9. The number of carboxylic acids is 1. The minimum Gasteiger partial charge on any atom is -0.480 e. The summed E-state index contributed by atoms with van der Waals surface area (Å²) in [6.45, 7) is -1.01. The van der Waals surface area contributed by atoms with Crippen LogP contribution < -0.4 is 10.9 Å². The second kappa shape index (κ2) is 11.2. The summed E-state index contributed by atoms with van der Waals surface area (Å²) < 4.78 is 0. The van der Waals surface area contributed by atoms with Gasteiger partial charge in [0.15, 0.2) is 0 Å². The van der Waals surface area contributed by atoms with E-state index in [9.17, 15) is 20.1 Å². The molecule has 0 unspecified atom stereocenters. The molecule has 0 aromatic carbocycles. The maximum Gasteiger partial charge on any atom is 0.322 e. The van der Waals surface area contributed by atoms with Gasteiger partial charge in [0.2, 0.25) is 0 Å². The largest absolute Gasteiger partial charge is 0.480 e. The van der Waals surface area contributed by atoms with Crippen molar-refractivity contribution in [3.05, 3.63) is 0 Å². The Bertz CT molecular complexity index is 298. The number of aliphatic carboxylic acids is 1. The average Bonchev–Trinajstić information content (AvgIpc) is 2.47. The lowest BCUT2D eigenvalue weighted by Crippen LogP contribution is -2.53. The fourth-order valence-corrected chi connectivity index (χ4v) is 1.94. The lowest BCUT2D eigenvalue weighted by atomic mass is 10.0. The van der Waals surface area contributed by atoms with E-state index in [1.807, 2.05) is 6.26 Å². The van der Waals surface area contributed by atoms with Crippen molar-refractivity contribution in [2.45, 2.75) is 36.9 Å². The summed E-state index contributed by atoms with van der Waals surface area (Å²) >= 11 is 1.50. The maximum absolute atomic E-state index is 10.9.